The summed E-state index contributed by atoms with van der Waals surface area (Å²) in [7, 11) is 3.35. The smallest absolute Gasteiger partial charge is 0.322 e. The van der Waals surface area contributed by atoms with Crippen molar-refractivity contribution in [1.29, 1.82) is 0 Å². The van der Waals surface area contributed by atoms with Gasteiger partial charge in [-0.15, -0.1) is 11.3 Å². The minimum absolute atomic E-state index is 0.0342. The van der Waals surface area contributed by atoms with E-state index in [1.54, 1.807) is 36.5 Å². The van der Waals surface area contributed by atoms with Crippen molar-refractivity contribution in [2.75, 3.05) is 19.0 Å². The van der Waals surface area contributed by atoms with E-state index in [1.807, 2.05) is 0 Å². The predicted octanol–water partition coefficient (Wildman–Crippen LogP) is 2.22. The summed E-state index contributed by atoms with van der Waals surface area (Å²) >= 11 is 1.55. The lowest BCUT2D eigenvalue weighted by Gasteiger charge is -2.15. The summed E-state index contributed by atoms with van der Waals surface area (Å²) in [6.07, 6.45) is 1.74. The summed E-state index contributed by atoms with van der Waals surface area (Å²) in [5, 5.41) is 4.47. The number of amides is 2. The number of thiazole rings is 1. The Hall–Kier alpha value is -1.10. The Morgan fingerprint density at radius 2 is 2.13 bits per heavy atom. The second-order valence-corrected chi connectivity index (χ2v) is 5.38. The van der Waals surface area contributed by atoms with Gasteiger partial charge in [0.05, 0.1) is 11.2 Å². The average Bonchev–Trinajstić information content (AvgIpc) is 2.63. The van der Waals surface area contributed by atoms with Gasteiger partial charge in [0, 0.05) is 19.5 Å². The van der Waals surface area contributed by atoms with Crippen molar-refractivity contribution in [3.8, 4) is 0 Å². The first kappa shape index (κ1) is 12.0. The Balaban J connectivity index is 2.89. The van der Waals surface area contributed by atoms with Crippen LogP contribution in [0.15, 0.2) is 6.20 Å². The third kappa shape index (κ3) is 2.68. The van der Waals surface area contributed by atoms with Crippen LogP contribution in [0, 0.1) is 0 Å². The van der Waals surface area contributed by atoms with Crippen molar-refractivity contribution in [2.24, 2.45) is 0 Å². The Bertz CT molecular complexity index is 354. The van der Waals surface area contributed by atoms with Gasteiger partial charge in [0.25, 0.3) is 0 Å². The first-order chi connectivity index (χ1) is 6.86. The van der Waals surface area contributed by atoms with Crippen LogP contribution in [0.2, 0.25) is 0 Å². The highest BCUT2D eigenvalue weighted by Gasteiger charge is 2.20. The molecular formula is C10H17N3OS. The first-order valence-corrected chi connectivity index (χ1v) is 5.59. The number of carbonyl (C=O) groups excluding carboxylic acids is 1. The number of carbonyl (C=O) groups is 1. The molecule has 0 atom stereocenters. The van der Waals surface area contributed by atoms with Crippen LogP contribution in [-0.4, -0.2) is 25.1 Å². The Morgan fingerprint density at radius 1 is 1.53 bits per heavy atom. The van der Waals surface area contributed by atoms with Gasteiger partial charge in [0.1, 0.15) is 5.00 Å². The van der Waals surface area contributed by atoms with Gasteiger partial charge >= 0.3 is 6.03 Å². The number of urea groups is 1. The van der Waals surface area contributed by atoms with E-state index in [0.717, 1.165) is 10.0 Å². The van der Waals surface area contributed by atoms with Gasteiger partial charge in [-0.25, -0.2) is 9.78 Å². The highest BCUT2D eigenvalue weighted by atomic mass is 32.1. The summed E-state index contributed by atoms with van der Waals surface area (Å²) in [4.78, 5) is 17.2. The van der Waals surface area contributed by atoms with E-state index in [1.165, 1.54) is 0 Å². The normalized spacial score (nSPS) is 11.3. The maximum absolute atomic E-state index is 11.4. The number of rotatable bonds is 1. The molecule has 15 heavy (non-hydrogen) atoms. The molecule has 5 heteroatoms. The van der Waals surface area contributed by atoms with Gasteiger partial charge in [0.15, 0.2) is 0 Å². The molecule has 1 heterocycles. The molecule has 4 nitrogen and oxygen atoms in total. The summed E-state index contributed by atoms with van der Waals surface area (Å²) in [6, 6.07) is -0.126. The van der Waals surface area contributed by atoms with E-state index in [4.69, 9.17) is 0 Å². The number of anilines is 1. The van der Waals surface area contributed by atoms with Crippen LogP contribution in [0.3, 0.4) is 0 Å². The molecule has 84 valence electrons. The van der Waals surface area contributed by atoms with E-state index in [9.17, 15) is 4.79 Å². The fraction of sp³-hybridized carbons (Fsp3) is 0.600. The molecule has 1 rings (SSSR count). The number of hydrogen-bond donors (Lipinski definition) is 1. The molecule has 2 amide bonds. The molecule has 1 aromatic heterocycles. The van der Waals surface area contributed by atoms with E-state index in [2.05, 4.69) is 31.1 Å². The van der Waals surface area contributed by atoms with Crippen LogP contribution in [0.4, 0.5) is 9.80 Å². The van der Waals surface area contributed by atoms with Crippen LogP contribution in [0.25, 0.3) is 0 Å². The molecule has 0 fully saturated rings. The molecule has 1 N–H and O–H groups in total. The van der Waals surface area contributed by atoms with Crippen LogP contribution in [0.5, 0.6) is 0 Å². The summed E-state index contributed by atoms with van der Waals surface area (Å²) in [5.41, 5.74) is 0.0342. The summed E-state index contributed by atoms with van der Waals surface area (Å²) in [6.45, 7) is 6.32. The number of nitrogens with zero attached hydrogens (tertiary/aromatic N) is 2. The van der Waals surface area contributed by atoms with Crippen molar-refractivity contribution in [1.82, 2.24) is 10.3 Å². The average molecular weight is 227 g/mol. The SMILES string of the molecule is CNC(=O)N(C)c1cnc(C(C)(C)C)s1. The lowest BCUT2D eigenvalue weighted by atomic mass is 9.98. The largest absolute Gasteiger partial charge is 0.341 e. The zero-order chi connectivity index (χ0) is 11.6. The second-order valence-electron chi connectivity index (χ2n) is 4.37. The van der Waals surface area contributed by atoms with Gasteiger partial charge in [-0.1, -0.05) is 20.8 Å². The van der Waals surface area contributed by atoms with Crippen molar-refractivity contribution in [3.63, 3.8) is 0 Å². The molecule has 0 aliphatic rings. The number of hydrogen-bond acceptors (Lipinski definition) is 3. The molecular weight excluding hydrogens is 210 g/mol. The quantitative estimate of drug-likeness (QED) is 0.799. The van der Waals surface area contributed by atoms with Crippen molar-refractivity contribution in [3.05, 3.63) is 11.2 Å². The molecule has 0 aromatic carbocycles. The van der Waals surface area contributed by atoms with Gasteiger partial charge in [-0.3, -0.25) is 4.90 Å². The third-order valence-electron chi connectivity index (χ3n) is 1.98. The highest BCUT2D eigenvalue weighted by molar-refractivity contribution is 7.16. The maximum Gasteiger partial charge on any atom is 0.322 e. The zero-order valence-electron chi connectivity index (χ0n) is 9.79. The fourth-order valence-electron chi connectivity index (χ4n) is 1.04. The van der Waals surface area contributed by atoms with Gasteiger partial charge in [-0.05, 0) is 0 Å². The number of nitrogens with one attached hydrogen (secondary N) is 1. The van der Waals surface area contributed by atoms with Crippen LogP contribution in [-0.2, 0) is 5.41 Å². The molecule has 0 aliphatic carbocycles. The van der Waals surface area contributed by atoms with Crippen LogP contribution in [0.1, 0.15) is 25.8 Å². The molecule has 0 radical (unpaired) electrons. The number of aromatic nitrogens is 1. The predicted molar refractivity (Wildman–Crippen MR) is 63.7 cm³/mol. The maximum atomic E-state index is 11.4. The summed E-state index contributed by atoms with van der Waals surface area (Å²) in [5.74, 6) is 0. The van der Waals surface area contributed by atoms with Gasteiger partial charge < -0.3 is 5.32 Å². The van der Waals surface area contributed by atoms with E-state index in [0.29, 0.717) is 0 Å². The topological polar surface area (TPSA) is 45.2 Å². The minimum atomic E-state index is -0.126. The lowest BCUT2D eigenvalue weighted by Crippen LogP contribution is -2.34. The standard InChI is InChI=1S/C10H17N3OS/c1-10(2,3)8-12-6-7(15-8)13(5)9(14)11-4/h6H,1-5H3,(H,11,14). The molecule has 0 aliphatic heterocycles. The fourth-order valence-corrected chi connectivity index (χ4v) is 1.97. The van der Waals surface area contributed by atoms with Crippen LogP contribution >= 0.6 is 11.3 Å². The van der Waals surface area contributed by atoms with E-state index >= 15 is 0 Å². The van der Waals surface area contributed by atoms with Crippen molar-refractivity contribution in [2.45, 2.75) is 26.2 Å². The molecule has 0 unspecified atom stereocenters. The highest BCUT2D eigenvalue weighted by Crippen LogP contribution is 2.31. The van der Waals surface area contributed by atoms with E-state index < -0.39 is 0 Å². The third-order valence-corrected chi connectivity index (χ3v) is 3.48. The Kier molecular flexibility index (Phi) is 3.34. The summed E-state index contributed by atoms with van der Waals surface area (Å²) < 4.78 is 0. The first-order valence-electron chi connectivity index (χ1n) is 4.78. The monoisotopic (exact) mass is 227 g/mol. The Labute approximate surface area is 94.3 Å². The molecule has 1 aromatic rings. The van der Waals surface area contributed by atoms with Crippen LogP contribution < -0.4 is 10.2 Å². The second kappa shape index (κ2) is 4.18. The van der Waals surface area contributed by atoms with Gasteiger partial charge in [-0.2, -0.15) is 0 Å². The van der Waals surface area contributed by atoms with E-state index in [-0.39, 0.29) is 11.4 Å². The molecule has 0 bridgehead atoms. The lowest BCUT2D eigenvalue weighted by molar-refractivity contribution is 0.249. The zero-order valence-corrected chi connectivity index (χ0v) is 10.6. The minimum Gasteiger partial charge on any atom is -0.341 e. The van der Waals surface area contributed by atoms with Gasteiger partial charge in [0.2, 0.25) is 0 Å². The molecule has 0 saturated heterocycles. The van der Waals surface area contributed by atoms with Crippen molar-refractivity contribution >= 4 is 22.4 Å². The van der Waals surface area contributed by atoms with Crippen molar-refractivity contribution < 1.29 is 4.79 Å². The molecule has 0 spiro atoms. The molecule has 0 saturated carbocycles. The Morgan fingerprint density at radius 3 is 2.53 bits per heavy atom.